The van der Waals surface area contributed by atoms with Gasteiger partial charge in [-0.3, -0.25) is 24.7 Å². The number of rotatable bonds is 7. The van der Waals surface area contributed by atoms with Crippen molar-refractivity contribution < 1.29 is 9.68 Å². The van der Waals surface area contributed by atoms with Crippen LogP contribution in [0, 0.1) is 0 Å². The van der Waals surface area contributed by atoms with Crippen molar-refractivity contribution in [2.75, 3.05) is 24.3 Å². The van der Waals surface area contributed by atoms with Crippen LogP contribution in [0.15, 0.2) is 43.0 Å². The van der Waals surface area contributed by atoms with Gasteiger partial charge in [0.1, 0.15) is 0 Å². The van der Waals surface area contributed by atoms with Crippen LogP contribution in [0.1, 0.15) is 33.3 Å². The first-order valence-electron chi connectivity index (χ1n) is 8.38. The molecule has 1 atom stereocenters. The molecule has 0 aliphatic carbocycles. The summed E-state index contributed by atoms with van der Waals surface area (Å²) in [4.78, 5) is 19.6. The van der Waals surface area contributed by atoms with Crippen LogP contribution in [-0.4, -0.2) is 35.8 Å². The van der Waals surface area contributed by atoms with Crippen molar-refractivity contribution in [3.63, 3.8) is 0 Å². The van der Waals surface area contributed by atoms with Crippen LogP contribution in [0.5, 0.6) is 0 Å². The van der Waals surface area contributed by atoms with Crippen LogP contribution >= 0.6 is 0 Å². The van der Waals surface area contributed by atoms with E-state index in [4.69, 9.17) is 9.68 Å². The van der Waals surface area contributed by atoms with Crippen molar-refractivity contribution in [1.29, 1.82) is 0 Å². The van der Waals surface area contributed by atoms with Crippen molar-refractivity contribution in [3.05, 3.63) is 48.5 Å². The van der Waals surface area contributed by atoms with Gasteiger partial charge in [-0.1, -0.05) is 0 Å². The lowest BCUT2D eigenvalue weighted by Crippen LogP contribution is -2.40. The molecule has 0 fully saturated rings. The summed E-state index contributed by atoms with van der Waals surface area (Å²) in [6.07, 6.45) is 8.02. The Kier molecular flexibility index (Phi) is 6.33. The fourth-order valence-electron chi connectivity index (χ4n) is 2.92. The molecule has 0 N–H and O–H groups in total. The van der Waals surface area contributed by atoms with Crippen LogP contribution in [0.25, 0.3) is 0 Å². The number of anilines is 2. The lowest BCUT2D eigenvalue weighted by molar-refractivity contribution is 0.114. The number of pyridine rings is 2. The van der Waals surface area contributed by atoms with Crippen LogP contribution in [0.4, 0.5) is 11.4 Å². The van der Waals surface area contributed by atoms with Crippen molar-refractivity contribution in [2.45, 2.75) is 45.7 Å². The molecule has 2 rings (SSSR count). The van der Waals surface area contributed by atoms with E-state index in [0.29, 0.717) is 0 Å². The highest BCUT2D eigenvalue weighted by atomic mass is 16.7. The summed E-state index contributed by atoms with van der Waals surface area (Å²) >= 11 is 0. The summed E-state index contributed by atoms with van der Waals surface area (Å²) in [6, 6.07) is 6.11. The van der Waals surface area contributed by atoms with Crippen molar-refractivity contribution in [1.82, 2.24) is 9.97 Å². The van der Waals surface area contributed by atoms with E-state index < -0.39 is 0 Å². The maximum atomic E-state index is 5.57. The molecule has 0 aromatic carbocycles. The van der Waals surface area contributed by atoms with Gasteiger partial charge in [0.15, 0.2) is 0 Å². The lowest BCUT2D eigenvalue weighted by Gasteiger charge is -2.35. The summed E-state index contributed by atoms with van der Waals surface area (Å²) in [7, 11) is 3.36. The maximum Gasteiger partial charge on any atom is 0.0828 e. The largest absolute Gasteiger partial charge is 0.277 e. The zero-order chi connectivity index (χ0) is 18.4. The Morgan fingerprint density at radius 1 is 1.00 bits per heavy atom. The van der Waals surface area contributed by atoms with Gasteiger partial charge < -0.3 is 0 Å². The zero-order valence-electron chi connectivity index (χ0n) is 15.9. The summed E-state index contributed by atoms with van der Waals surface area (Å²) < 4.78 is 0. The van der Waals surface area contributed by atoms with Crippen molar-refractivity contribution in [3.8, 4) is 0 Å². The van der Waals surface area contributed by atoms with Gasteiger partial charge in [0.25, 0.3) is 0 Å². The quantitative estimate of drug-likeness (QED) is 0.715. The molecule has 0 radical (unpaired) electrons. The number of hydroxylamine groups is 2. The fourth-order valence-corrected chi connectivity index (χ4v) is 2.92. The second-order valence-corrected chi connectivity index (χ2v) is 6.97. The van der Waals surface area contributed by atoms with Crippen molar-refractivity contribution in [2.24, 2.45) is 0 Å². The Morgan fingerprint density at radius 2 is 1.68 bits per heavy atom. The van der Waals surface area contributed by atoms with E-state index >= 15 is 0 Å². The minimum atomic E-state index is -0.156. The molecule has 0 aliphatic rings. The molecule has 0 aliphatic heterocycles. The van der Waals surface area contributed by atoms with E-state index in [1.165, 1.54) is 0 Å². The second kappa shape index (κ2) is 8.27. The molecule has 2 heterocycles. The Hall–Kier alpha value is -2.18. The van der Waals surface area contributed by atoms with Gasteiger partial charge in [-0.25, -0.2) is 5.06 Å². The van der Waals surface area contributed by atoms with Crippen LogP contribution < -0.4 is 10.1 Å². The average Bonchev–Trinajstić information content (AvgIpc) is 2.56. The third kappa shape index (κ3) is 4.90. The smallest absolute Gasteiger partial charge is 0.0828 e. The summed E-state index contributed by atoms with van der Waals surface area (Å²) in [5, 5.41) is 3.75. The fraction of sp³-hybridized carbons (Fsp3) is 0.474. The SMILES string of the molecule is CON(c1ccncc1)C(C)Cc1cncc(N(OC)C(C)(C)C)c1. The highest BCUT2D eigenvalue weighted by molar-refractivity contribution is 5.47. The molecule has 2 aromatic rings. The topological polar surface area (TPSA) is 50.7 Å². The van der Waals surface area contributed by atoms with E-state index in [1.54, 1.807) is 26.6 Å². The first kappa shape index (κ1) is 19.1. The van der Waals surface area contributed by atoms with E-state index in [9.17, 15) is 0 Å². The third-order valence-corrected chi connectivity index (χ3v) is 3.85. The zero-order valence-corrected chi connectivity index (χ0v) is 15.9. The van der Waals surface area contributed by atoms with Gasteiger partial charge in [0.2, 0.25) is 0 Å². The molecule has 0 bridgehead atoms. The normalized spacial score (nSPS) is 12.7. The van der Waals surface area contributed by atoms with E-state index in [1.807, 2.05) is 34.7 Å². The molecule has 1 unspecified atom stereocenters. The maximum absolute atomic E-state index is 5.57. The predicted molar refractivity (Wildman–Crippen MR) is 100 cm³/mol. The Balaban J connectivity index is 2.18. The molecule has 25 heavy (non-hydrogen) atoms. The number of hydrogen-bond acceptors (Lipinski definition) is 6. The molecule has 0 saturated heterocycles. The van der Waals surface area contributed by atoms with E-state index in [-0.39, 0.29) is 11.6 Å². The van der Waals surface area contributed by atoms with Crippen molar-refractivity contribution >= 4 is 11.4 Å². The predicted octanol–water partition coefficient (Wildman–Crippen LogP) is 3.64. The Labute approximate surface area is 150 Å². The molecular formula is C19H28N4O2. The number of nitrogens with zero attached hydrogens (tertiary/aromatic N) is 4. The lowest BCUT2D eigenvalue weighted by atomic mass is 10.1. The molecule has 6 heteroatoms. The van der Waals surface area contributed by atoms with Crippen LogP contribution in [0.3, 0.4) is 0 Å². The Morgan fingerprint density at radius 3 is 2.24 bits per heavy atom. The highest BCUT2D eigenvalue weighted by Gasteiger charge is 2.23. The first-order valence-corrected chi connectivity index (χ1v) is 8.38. The van der Waals surface area contributed by atoms with Gasteiger partial charge in [-0.2, -0.15) is 0 Å². The van der Waals surface area contributed by atoms with Gasteiger partial charge in [-0.05, 0) is 57.9 Å². The monoisotopic (exact) mass is 344 g/mol. The van der Waals surface area contributed by atoms with Gasteiger partial charge >= 0.3 is 0 Å². The molecule has 2 aromatic heterocycles. The molecule has 0 spiro atoms. The minimum absolute atomic E-state index is 0.134. The average molecular weight is 344 g/mol. The molecule has 0 amide bonds. The summed E-state index contributed by atoms with van der Waals surface area (Å²) in [5.74, 6) is 0. The Bertz CT molecular complexity index is 658. The minimum Gasteiger partial charge on any atom is -0.277 e. The summed E-state index contributed by atoms with van der Waals surface area (Å²) in [5.41, 5.74) is 2.87. The molecule has 0 saturated carbocycles. The molecule has 6 nitrogen and oxygen atoms in total. The highest BCUT2D eigenvalue weighted by Crippen LogP contribution is 2.25. The second-order valence-electron chi connectivity index (χ2n) is 6.97. The molecule has 136 valence electrons. The third-order valence-electron chi connectivity index (χ3n) is 3.85. The molecular weight excluding hydrogens is 316 g/mol. The number of hydrogen-bond donors (Lipinski definition) is 0. The van der Waals surface area contributed by atoms with Gasteiger partial charge in [0.05, 0.1) is 43.4 Å². The van der Waals surface area contributed by atoms with Crippen LogP contribution in [-0.2, 0) is 16.1 Å². The van der Waals surface area contributed by atoms with E-state index in [2.05, 4.69) is 43.7 Å². The number of aromatic nitrogens is 2. The summed E-state index contributed by atoms with van der Waals surface area (Å²) in [6.45, 7) is 8.42. The van der Waals surface area contributed by atoms with Crippen LogP contribution in [0.2, 0.25) is 0 Å². The van der Waals surface area contributed by atoms with Gasteiger partial charge in [0, 0.05) is 18.6 Å². The first-order chi connectivity index (χ1) is 11.9. The van der Waals surface area contributed by atoms with E-state index in [0.717, 1.165) is 23.4 Å². The van der Waals surface area contributed by atoms with Gasteiger partial charge in [-0.15, -0.1) is 0 Å². The standard InChI is InChI=1S/C19H28N4O2/c1-15(22(24-5)17-7-9-20-10-8-17)11-16-12-18(14-21-13-16)23(25-6)19(2,3)4/h7-10,12-15H,11H2,1-6H3.